The molecule has 3 aromatic heterocycles. The van der Waals surface area contributed by atoms with E-state index in [9.17, 15) is 22.4 Å². The van der Waals surface area contributed by atoms with E-state index < -0.39 is 18.0 Å². The third kappa shape index (κ3) is 4.09. The third-order valence-corrected chi connectivity index (χ3v) is 6.37. The van der Waals surface area contributed by atoms with E-state index in [-0.39, 0.29) is 13.1 Å². The van der Waals surface area contributed by atoms with Crippen molar-refractivity contribution in [2.45, 2.75) is 19.1 Å². The lowest BCUT2D eigenvalue weighted by atomic mass is 9.99. The van der Waals surface area contributed by atoms with Crippen LogP contribution in [0.25, 0.3) is 39.1 Å². The summed E-state index contributed by atoms with van der Waals surface area (Å²) in [7, 11) is 0. The molecule has 1 N–H and O–H groups in total. The summed E-state index contributed by atoms with van der Waals surface area (Å²) in [5.41, 5.74) is 4.73. The molecule has 186 valence electrons. The number of alkyl halides is 3. The van der Waals surface area contributed by atoms with Crippen LogP contribution in [0.2, 0.25) is 0 Å². The van der Waals surface area contributed by atoms with Gasteiger partial charge in [0.2, 0.25) is 5.95 Å². The number of benzene rings is 2. The highest BCUT2D eigenvalue weighted by Crippen LogP contribution is 2.31. The largest absolute Gasteiger partial charge is 0.471 e. The van der Waals surface area contributed by atoms with Gasteiger partial charge in [0, 0.05) is 30.2 Å². The summed E-state index contributed by atoms with van der Waals surface area (Å²) < 4.78 is 54.4. The van der Waals surface area contributed by atoms with Crippen molar-refractivity contribution in [1.29, 1.82) is 0 Å². The number of rotatable bonds is 3. The molecule has 1 amide bonds. The summed E-state index contributed by atoms with van der Waals surface area (Å²) in [4.78, 5) is 16.2. The predicted molar refractivity (Wildman–Crippen MR) is 125 cm³/mol. The van der Waals surface area contributed by atoms with Crippen molar-refractivity contribution in [3.05, 3.63) is 78.0 Å². The summed E-state index contributed by atoms with van der Waals surface area (Å²) in [6.07, 6.45) is -1.55. The van der Waals surface area contributed by atoms with E-state index >= 15 is 0 Å². The Balaban J connectivity index is 1.32. The quantitative estimate of drug-likeness (QED) is 0.288. The van der Waals surface area contributed by atoms with Gasteiger partial charge in [0.25, 0.3) is 0 Å². The lowest BCUT2D eigenvalue weighted by Crippen LogP contribution is -2.43. The second kappa shape index (κ2) is 8.50. The molecule has 0 spiro atoms. The zero-order valence-corrected chi connectivity index (χ0v) is 19.0. The fourth-order valence-electron chi connectivity index (χ4n) is 4.52. The molecule has 0 fully saturated rings. The molecule has 1 aliphatic rings. The monoisotopic (exact) mass is 507 g/mol. The smallest absolute Gasteiger partial charge is 0.330 e. The molecule has 0 atom stereocenters. The van der Waals surface area contributed by atoms with Gasteiger partial charge in [-0.2, -0.15) is 22.7 Å². The number of H-pyrrole nitrogens is 1. The summed E-state index contributed by atoms with van der Waals surface area (Å²) in [5, 5.41) is 16.4. The van der Waals surface area contributed by atoms with Gasteiger partial charge in [0.1, 0.15) is 11.4 Å². The number of aromatic amines is 1. The van der Waals surface area contributed by atoms with Crippen molar-refractivity contribution in [2.24, 2.45) is 0 Å². The number of nitrogens with zero attached hydrogens (tertiary/aromatic N) is 6. The number of hydrogen-bond donors (Lipinski definition) is 1. The first kappa shape index (κ1) is 22.8. The van der Waals surface area contributed by atoms with Gasteiger partial charge in [-0.05, 0) is 59.5 Å². The van der Waals surface area contributed by atoms with Gasteiger partial charge in [-0.15, -0.1) is 5.10 Å². The Morgan fingerprint density at radius 2 is 1.92 bits per heavy atom. The molecular formula is C25H17F4N7O. The maximum Gasteiger partial charge on any atom is 0.471 e. The number of aromatic nitrogens is 6. The molecule has 0 radical (unpaired) electrons. The lowest BCUT2D eigenvalue weighted by molar-refractivity contribution is -0.186. The second-order valence-corrected chi connectivity index (χ2v) is 8.65. The summed E-state index contributed by atoms with van der Waals surface area (Å²) in [6, 6.07) is 14.0. The van der Waals surface area contributed by atoms with Gasteiger partial charge < -0.3 is 4.90 Å². The van der Waals surface area contributed by atoms with Crippen LogP contribution in [-0.4, -0.2) is 53.7 Å². The molecular weight excluding hydrogens is 490 g/mol. The van der Waals surface area contributed by atoms with Crippen LogP contribution in [0.4, 0.5) is 17.6 Å². The molecule has 37 heavy (non-hydrogen) atoms. The Morgan fingerprint density at radius 3 is 2.73 bits per heavy atom. The highest BCUT2D eigenvalue weighted by molar-refractivity contribution is 5.94. The van der Waals surface area contributed by atoms with Crippen molar-refractivity contribution in [1.82, 2.24) is 35.1 Å². The standard InChI is InChI=1S/C25H17F4N7O/c26-23-18(2-1-8-30-23)15-4-6-20-19(11-15)22(33-31-20)21-13-36(34-32-21)17-5-3-14-7-9-35(12-16(14)10-17)24(37)25(27,28)29/h1-6,8,10-11,13H,7,9,12H2,(H,31,33). The maximum absolute atomic E-state index is 14.2. The Labute approximate surface area is 206 Å². The first-order valence-corrected chi connectivity index (χ1v) is 11.3. The molecule has 5 aromatic rings. The first-order valence-electron chi connectivity index (χ1n) is 11.3. The van der Waals surface area contributed by atoms with Gasteiger partial charge in [-0.1, -0.05) is 17.3 Å². The zero-order valence-electron chi connectivity index (χ0n) is 19.0. The van der Waals surface area contributed by atoms with Crippen LogP contribution in [0.15, 0.2) is 60.9 Å². The van der Waals surface area contributed by atoms with Crippen LogP contribution < -0.4 is 0 Å². The van der Waals surface area contributed by atoms with Crippen molar-refractivity contribution in [3.8, 4) is 28.2 Å². The maximum atomic E-state index is 14.2. The van der Waals surface area contributed by atoms with Crippen molar-refractivity contribution in [3.63, 3.8) is 0 Å². The van der Waals surface area contributed by atoms with Gasteiger partial charge in [-0.25, -0.2) is 9.67 Å². The average Bonchev–Trinajstić information content (AvgIpc) is 3.54. The lowest BCUT2D eigenvalue weighted by Gasteiger charge is -2.29. The summed E-state index contributed by atoms with van der Waals surface area (Å²) in [5.74, 6) is -2.43. The van der Waals surface area contributed by atoms with Gasteiger partial charge >= 0.3 is 12.1 Å². The van der Waals surface area contributed by atoms with E-state index in [1.165, 1.54) is 10.9 Å². The fraction of sp³-hybridized carbons (Fsp3) is 0.160. The predicted octanol–water partition coefficient (Wildman–Crippen LogP) is 4.46. The molecule has 0 unspecified atom stereocenters. The van der Waals surface area contributed by atoms with Crippen molar-refractivity contribution >= 4 is 16.8 Å². The van der Waals surface area contributed by atoms with Crippen LogP contribution >= 0.6 is 0 Å². The van der Waals surface area contributed by atoms with E-state index in [0.29, 0.717) is 45.6 Å². The first-order chi connectivity index (χ1) is 17.8. The molecule has 6 rings (SSSR count). The van der Waals surface area contributed by atoms with Crippen LogP contribution in [0, 0.1) is 5.95 Å². The van der Waals surface area contributed by atoms with Crippen molar-refractivity contribution in [2.75, 3.05) is 6.54 Å². The van der Waals surface area contributed by atoms with E-state index in [1.807, 2.05) is 6.07 Å². The van der Waals surface area contributed by atoms with Crippen LogP contribution in [-0.2, 0) is 17.8 Å². The van der Waals surface area contributed by atoms with Crippen LogP contribution in [0.3, 0.4) is 0 Å². The van der Waals surface area contributed by atoms with Gasteiger partial charge in [-0.3, -0.25) is 9.89 Å². The molecule has 8 nitrogen and oxygen atoms in total. The molecule has 4 heterocycles. The number of halogens is 4. The number of amides is 1. The zero-order chi connectivity index (χ0) is 25.7. The highest BCUT2D eigenvalue weighted by atomic mass is 19.4. The van der Waals surface area contributed by atoms with Gasteiger partial charge in [0.15, 0.2) is 0 Å². The normalized spacial score (nSPS) is 13.7. The van der Waals surface area contributed by atoms with E-state index in [1.54, 1.807) is 48.7 Å². The highest BCUT2D eigenvalue weighted by Gasteiger charge is 2.43. The van der Waals surface area contributed by atoms with Crippen LogP contribution in [0.5, 0.6) is 0 Å². The Hall–Kier alpha value is -4.61. The van der Waals surface area contributed by atoms with Crippen LogP contribution in [0.1, 0.15) is 11.1 Å². The number of nitrogens with one attached hydrogen (secondary N) is 1. The number of pyridine rings is 1. The molecule has 0 saturated carbocycles. The molecule has 0 saturated heterocycles. The number of fused-ring (bicyclic) bond motifs is 2. The minimum atomic E-state index is -4.91. The van der Waals surface area contributed by atoms with E-state index in [4.69, 9.17) is 0 Å². The number of carbonyl (C=O) groups is 1. The molecule has 0 aliphatic carbocycles. The number of carbonyl (C=O) groups excluding carboxylic acids is 1. The topological polar surface area (TPSA) is 92.6 Å². The SMILES string of the molecule is O=C(N1CCc2ccc(-n3cc(-c4n[nH]c5ccc(-c6cccnc6F)cc45)nn3)cc2C1)C(F)(F)F. The Morgan fingerprint density at radius 1 is 1.05 bits per heavy atom. The van der Waals surface area contributed by atoms with E-state index in [0.717, 1.165) is 16.0 Å². The minimum Gasteiger partial charge on any atom is -0.330 e. The molecule has 1 aliphatic heterocycles. The fourth-order valence-corrected chi connectivity index (χ4v) is 4.52. The number of hydrogen-bond acceptors (Lipinski definition) is 5. The van der Waals surface area contributed by atoms with E-state index in [2.05, 4.69) is 25.5 Å². The molecule has 2 aromatic carbocycles. The summed E-state index contributed by atoms with van der Waals surface area (Å²) in [6.45, 7) is -0.129. The Bertz CT molecular complexity index is 1660. The molecule has 0 bridgehead atoms. The third-order valence-electron chi connectivity index (χ3n) is 6.37. The van der Waals surface area contributed by atoms with Gasteiger partial charge in [0.05, 0.1) is 17.4 Å². The Kier molecular flexibility index (Phi) is 5.25. The summed E-state index contributed by atoms with van der Waals surface area (Å²) >= 11 is 0. The van der Waals surface area contributed by atoms with Crippen molar-refractivity contribution < 1.29 is 22.4 Å². The minimum absolute atomic E-state index is 0.00925. The second-order valence-electron chi connectivity index (χ2n) is 8.65. The molecule has 12 heteroatoms. The average molecular weight is 507 g/mol.